The quantitative estimate of drug-likeness (QED) is 0.536. The Morgan fingerprint density at radius 2 is 1.46 bits per heavy atom. The lowest BCUT2D eigenvalue weighted by Crippen LogP contribution is -1.95. The summed E-state index contributed by atoms with van der Waals surface area (Å²) < 4.78 is 5.70. The van der Waals surface area contributed by atoms with Gasteiger partial charge >= 0.3 is 0 Å². The largest absolute Gasteiger partial charge is 0.490 e. The van der Waals surface area contributed by atoms with Gasteiger partial charge in [0.15, 0.2) is 0 Å². The average molecular weight is 328 g/mol. The monoisotopic (exact) mass is 328 g/mol. The van der Waals surface area contributed by atoms with Gasteiger partial charge < -0.3 is 9.84 Å². The number of allylic oxidation sites excluding steroid dienone is 5. The molecule has 132 valence electrons. The van der Waals surface area contributed by atoms with E-state index < -0.39 is 0 Å². The summed E-state index contributed by atoms with van der Waals surface area (Å²) in [5.41, 5.74) is 5.13. The molecule has 1 aromatic carbocycles. The Hall–Kier alpha value is -1.80. The molecule has 0 saturated heterocycles. The van der Waals surface area contributed by atoms with E-state index in [-0.39, 0.29) is 6.61 Å². The van der Waals surface area contributed by atoms with E-state index >= 15 is 0 Å². The second-order valence-electron chi connectivity index (χ2n) is 6.57. The van der Waals surface area contributed by atoms with Crippen LogP contribution in [0.2, 0.25) is 0 Å². The van der Waals surface area contributed by atoms with Crippen molar-refractivity contribution in [2.45, 2.75) is 60.0 Å². The van der Waals surface area contributed by atoms with E-state index in [2.05, 4.69) is 45.9 Å². The van der Waals surface area contributed by atoms with E-state index in [9.17, 15) is 0 Å². The fraction of sp³-hybridized carbons (Fsp3) is 0.455. The number of aliphatic hydroxyl groups is 1. The van der Waals surface area contributed by atoms with Crippen LogP contribution in [0.4, 0.5) is 0 Å². The number of benzene rings is 1. The molecule has 0 spiro atoms. The minimum absolute atomic E-state index is 0.0700. The maximum Gasteiger partial charge on any atom is 0.119 e. The summed E-state index contributed by atoms with van der Waals surface area (Å²) in [4.78, 5) is 0. The van der Waals surface area contributed by atoms with Gasteiger partial charge in [0.25, 0.3) is 0 Å². The van der Waals surface area contributed by atoms with E-state index in [0.717, 1.165) is 37.0 Å². The molecule has 24 heavy (non-hydrogen) atoms. The summed E-state index contributed by atoms with van der Waals surface area (Å²) in [6.07, 6.45) is 11.3. The lowest BCUT2D eigenvalue weighted by atomic mass is 10.1. The summed E-state index contributed by atoms with van der Waals surface area (Å²) >= 11 is 0. The van der Waals surface area contributed by atoms with Crippen molar-refractivity contribution >= 4 is 0 Å². The third-order valence-electron chi connectivity index (χ3n) is 3.91. The molecule has 0 aliphatic rings. The highest BCUT2D eigenvalue weighted by Crippen LogP contribution is 2.14. The third-order valence-corrected chi connectivity index (χ3v) is 3.91. The molecule has 0 bridgehead atoms. The summed E-state index contributed by atoms with van der Waals surface area (Å²) in [5, 5.41) is 9.01. The minimum Gasteiger partial charge on any atom is -0.490 e. The van der Waals surface area contributed by atoms with Crippen LogP contribution in [0.3, 0.4) is 0 Å². The first kappa shape index (κ1) is 20.2. The standard InChI is InChI=1S/C22H32O2/c1-18(2)7-5-8-19(3)9-6-10-20(4)15-16-24-22-13-11-21(17-23)12-14-22/h7,9,11-15,23H,5-6,8,10,16-17H2,1-4H3. The SMILES string of the molecule is CC(C)=CCCC(C)=CCCC(C)=CCOc1ccc(CO)cc1. The van der Waals surface area contributed by atoms with Crippen LogP contribution < -0.4 is 4.74 Å². The van der Waals surface area contributed by atoms with E-state index in [0.29, 0.717) is 6.61 Å². The molecule has 0 aliphatic carbocycles. The fourth-order valence-electron chi connectivity index (χ4n) is 2.31. The van der Waals surface area contributed by atoms with Crippen molar-refractivity contribution in [1.82, 2.24) is 0 Å². The van der Waals surface area contributed by atoms with E-state index in [1.807, 2.05) is 24.3 Å². The highest BCUT2D eigenvalue weighted by Gasteiger charge is 1.95. The molecule has 0 radical (unpaired) electrons. The average Bonchev–Trinajstić information content (AvgIpc) is 2.55. The van der Waals surface area contributed by atoms with Crippen LogP contribution in [0.1, 0.15) is 58.9 Å². The molecule has 0 fully saturated rings. The molecule has 0 atom stereocenters. The zero-order chi connectivity index (χ0) is 17.8. The van der Waals surface area contributed by atoms with Crippen LogP contribution in [0.15, 0.2) is 59.2 Å². The summed E-state index contributed by atoms with van der Waals surface area (Å²) in [6, 6.07) is 7.56. The van der Waals surface area contributed by atoms with Gasteiger partial charge in [0.2, 0.25) is 0 Å². The summed E-state index contributed by atoms with van der Waals surface area (Å²) in [7, 11) is 0. The van der Waals surface area contributed by atoms with Crippen molar-refractivity contribution in [3.63, 3.8) is 0 Å². The first-order valence-electron chi connectivity index (χ1n) is 8.78. The highest BCUT2D eigenvalue weighted by atomic mass is 16.5. The van der Waals surface area contributed by atoms with E-state index in [1.165, 1.54) is 16.7 Å². The normalized spacial score (nSPS) is 12.2. The maximum absolute atomic E-state index is 9.01. The third kappa shape index (κ3) is 9.36. The van der Waals surface area contributed by atoms with Gasteiger partial charge in [-0.1, -0.05) is 41.0 Å². The fourth-order valence-corrected chi connectivity index (χ4v) is 2.31. The van der Waals surface area contributed by atoms with Crippen LogP contribution >= 0.6 is 0 Å². The Balaban J connectivity index is 2.27. The Bertz CT molecular complexity index is 558. The Morgan fingerprint density at radius 1 is 0.875 bits per heavy atom. The lowest BCUT2D eigenvalue weighted by Gasteiger charge is -2.05. The summed E-state index contributed by atoms with van der Waals surface area (Å²) in [5.74, 6) is 0.839. The van der Waals surface area contributed by atoms with Gasteiger partial charge in [-0.15, -0.1) is 0 Å². The van der Waals surface area contributed by atoms with Gasteiger partial charge in [0.1, 0.15) is 12.4 Å². The van der Waals surface area contributed by atoms with Crippen molar-refractivity contribution in [2.75, 3.05) is 6.61 Å². The second-order valence-corrected chi connectivity index (χ2v) is 6.57. The molecule has 0 aromatic heterocycles. The molecule has 1 aromatic rings. The molecule has 0 aliphatic heterocycles. The van der Waals surface area contributed by atoms with Crippen molar-refractivity contribution in [3.8, 4) is 5.75 Å². The molecule has 0 unspecified atom stereocenters. The van der Waals surface area contributed by atoms with Crippen LogP contribution in [0, 0.1) is 0 Å². The highest BCUT2D eigenvalue weighted by molar-refractivity contribution is 5.27. The van der Waals surface area contributed by atoms with Crippen LogP contribution in [0.5, 0.6) is 5.75 Å². The number of hydrogen-bond donors (Lipinski definition) is 1. The molecule has 2 nitrogen and oxygen atoms in total. The van der Waals surface area contributed by atoms with Crippen LogP contribution in [-0.4, -0.2) is 11.7 Å². The van der Waals surface area contributed by atoms with Gasteiger partial charge in [-0.25, -0.2) is 0 Å². The maximum atomic E-state index is 9.01. The molecule has 1 rings (SSSR count). The van der Waals surface area contributed by atoms with E-state index in [1.54, 1.807) is 0 Å². The first-order valence-corrected chi connectivity index (χ1v) is 8.78. The number of hydrogen-bond acceptors (Lipinski definition) is 2. The Labute approximate surface area is 147 Å². The number of rotatable bonds is 10. The first-order chi connectivity index (χ1) is 11.5. The smallest absolute Gasteiger partial charge is 0.119 e. The van der Waals surface area contributed by atoms with Gasteiger partial charge in [0.05, 0.1) is 6.61 Å². The second kappa shape index (κ2) is 11.7. The Morgan fingerprint density at radius 3 is 2.04 bits per heavy atom. The predicted octanol–water partition coefficient (Wildman–Crippen LogP) is 5.98. The van der Waals surface area contributed by atoms with Crippen LogP contribution in [0.25, 0.3) is 0 Å². The van der Waals surface area contributed by atoms with Crippen molar-refractivity contribution in [3.05, 3.63) is 64.8 Å². The Kier molecular flexibility index (Phi) is 9.86. The van der Waals surface area contributed by atoms with Crippen molar-refractivity contribution < 1.29 is 9.84 Å². The van der Waals surface area contributed by atoms with Gasteiger partial charge in [-0.2, -0.15) is 0 Å². The summed E-state index contributed by atoms with van der Waals surface area (Å²) in [6.45, 7) is 9.34. The van der Waals surface area contributed by atoms with Gasteiger partial charge in [-0.3, -0.25) is 0 Å². The molecule has 2 heteroatoms. The molecule has 1 N–H and O–H groups in total. The molecular formula is C22H32O2. The van der Waals surface area contributed by atoms with E-state index in [4.69, 9.17) is 9.84 Å². The van der Waals surface area contributed by atoms with Gasteiger partial charge in [0, 0.05) is 0 Å². The number of ether oxygens (including phenoxy) is 1. The zero-order valence-corrected chi connectivity index (χ0v) is 15.6. The van der Waals surface area contributed by atoms with Crippen molar-refractivity contribution in [1.29, 1.82) is 0 Å². The molecule has 0 saturated carbocycles. The molecular weight excluding hydrogens is 296 g/mol. The topological polar surface area (TPSA) is 29.5 Å². The van der Waals surface area contributed by atoms with Gasteiger partial charge in [-0.05, 0) is 77.2 Å². The zero-order valence-electron chi connectivity index (χ0n) is 15.6. The van der Waals surface area contributed by atoms with Crippen LogP contribution in [-0.2, 0) is 6.61 Å². The molecule has 0 amide bonds. The molecule has 0 heterocycles. The number of aliphatic hydroxyl groups excluding tert-OH is 1. The minimum atomic E-state index is 0.0700. The lowest BCUT2D eigenvalue weighted by molar-refractivity contribution is 0.281. The van der Waals surface area contributed by atoms with Crippen molar-refractivity contribution in [2.24, 2.45) is 0 Å². The predicted molar refractivity (Wildman–Crippen MR) is 103 cm³/mol.